The van der Waals surface area contributed by atoms with Gasteiger partial charge in [0.2, 0.25) is 0 Å². The normalized spacial score (nSPS) is 12.3. The highest BCUT2D eigenvalue weighted by Gasteiger charge is 2.11. The van der Waals surface area contributed by atoms with Gasteiger partial charge in [-0.15, -0.1) is 0 Å². The first-order valence-electron chi connectivity index (χ1n) is 9.00. The monoisotopic (exact) mass is 398 g/mol. The van der Waals surface area contributed by atoms with Gasteiger partial charge in [-0.1, -0.05) is 53.7 Å². The van der Waals surface area contributed by atoms with Crippen LogP contribution in [0.15, 0.2) is 71.9 Å². The molecule has 0 radical (unpaired) electrons. The Bertz CT molecular complexity index is 1010. The maximum atomic E-state index is 12.4. The minimum atomic E-state index is -2.94. The van der Waals surface area contributed by atoms with E-state index in [9.17, 15) is 13.6 Å². The van der Waals surface area contributed by atoms with Crippen LogP contribution in [0, 0.1) is 0 Å². The molecule has 1 amide bonds. The quantitative estimate of drug-likeness (QED) is 0.443. The fraction of sp³-hybridized carbons (Fsp3) is 0.182. The molecule has 150 valence electrons. The number of nitrogens with one attached hydrogen (secondary N) is 1. The second-order valence-corrected chi connectivity index (χ2v) is 6.32. The summed E-state index contributed by atoms with van der Waals surface area (Å²) in [5, 5.41) is 8.72. The fourth-order valence-corrected chi connectivity index (χ4v) is 2.82. The smallest absolute Gasteiger partial charge is 0.387 e. The molecule has 0 fully saturated rings. The zero-order chi connectivity index (χ0) is 20.6. The van der Waals surface area contributed by atoms with Gasteiger partial charge in [0.15, 0.2) is 6.61 Å². The molecule has 0 unspecified atom stereocenters. The van der Waals surface area contributed by atoms with E-state index in [1.807, 2.05) is 49.4 Å². The lowest BCUT2D eigenvalue weighted by atomic mass is 10.0. The number of oxime groups is 1. The Balaban J connectivity index is 1.52. The van der Waals surface area contributed by atoms with Crippen LogP contribution in [0.25, 0.3) is 10.8 Å². The Morgan fingerprint density at radius 3 is 2.59 bits per heavy atom. The van der Waals surface area contributed by atoms with Gasteiger partial charge in [-0.05, 0) is 41.5 Å². The number of para-hydroxylation sites is 1. The molecule has 29 heavy (non-hydrogen) atoms. The van der Waals surface area contributed by atoms with Crippen molar-refractivity contribution in [3.05, 3.63) is 77.9 Å². The van der Waals surface area contributed by atoms with Crippen LogP contribution in [0.3, 0.4) is 0 Å². The average molecular weight is 398 g/mol. The Labute approximate surface area is 166 Å². The third kappa shape index (κ3) is 5.75. The Morgan fingerprint density at radius 1 is 1.07 bits per heavy atom. The van der Waals surface area contributed by atoms with Gasteiger partial charge in [0.1, 0.15) is 5.75 Å². The molecule has 5 nitrogen and oxygen atoms in total. The van der Waals surface area contributed by atoms with Crippen LogP contribution in [-0.2, 0) is 9.63 Å². The van der Waals surface area contributed by atoms with E-state index in [4.69, 9.17) is 4.84 Å². The molecule has 0 heterocycles. The van der Waals surface area contributed by atoms with Gasteiger partial charge in [0.25, 0.3) is 5.91 Å². The standard InChI is InChI=1S/C22H20F2N2O3/c1-15(17-11-10-16-6-2-3-7-18(16)12-17)26-21(27)14-28-25-13-19-8-4-5-9-20(19)29-22(23)24/h2-13,15,22H,14H2,1H3,(H,26,27)/b25-13-/t15-/m1/s1. The molecule has 3 aromatic carbocycles. The summed E-state index contributed by atoms with van der Waals surface area (Å²) in [5.41, 5.74) is 1.29. The molecule has 3 aromatic rings. The maximum absolute atomic E-state index is 12.4. The number of benzene rings is 3. The van der Waals surface area contributed by atoms with Crippen molar-refractivity contribution < 1.29 is 23.1 Å². The van der Waals surface area contributed by atoms with Crippen LogP contribution in [-0.4, -0.2) is 25.3 Å². The van der Waals surface area contributed by atoms with E-state index < -0.39 is 6.61 Å². The SMILES string of the molecule is C[C@@H](NC(=O)CO/N=C\c1ccccc1OC(F)F)c1ccc2ccccc2c1. The fourth-order valence-electron chi connectivity index (χ4n) is 2.82. The van der Waals surface area contributed by atoms with Crippen molar-refractivity contribution in [2.24, 2.45) is 5.16 Å². The summed E-state index contributed by atoms with van der Waals surface area (Å²) in [6.45, 7) is -1.36. The number of alkyl halides is 2. The number of hydrogen-bond acceptors (Lipinski definition) is 4. The third-order valence-electron chi connectivity index (χ3n) is 4.25. The van der Waals surface area contributed by atoms with Gasteiger partial charge in [-0.2, -0.15) is 8.78 Å². The molecule has 7 heteroatoms. The highest BCUT2D eigenvalue weighted by Crippen LogP contribution is 2.20. The minimum absolute atomic E-state index is 0.0239. The van der Waals surface area contributed by atoms with Gasteiger partial charge >= 0.3 is 6.61 Å². The van der Waals surface area contributed by atoms with Crippen LogP contribution in [0.2, 0.25) is 0 Å². The molecular formula is C22H20F2N2O3. The summed E-state index contributed by atoms with van der Waals surface area (Å²) in [4.78, 5) is 17.1. The molecule has 0 saturated carbocycles. The van der Waals surface area contributed by atoms with E-state index in [2.05, 4.69) is 15.2 Å². The van der Waals surface area contributed by atoms with Crippen LogP contribution >= 0.6 is 0 Å². The van der Waals surface area contributed by atoms with Crippen molar-refractivity contribution in [2.75, 3.05) is 6.61 Å². The predicted molar refractivity (Wildman–Crippen MR) is 107 cm³/mol. The summed E-state index contributed by atoms with van der Waals surface area (Å²) in [5.74, 6) is -0.371. The Hall–Kier alpha value is -3.48. The number of rotatable bonds is 8. The number of ether oxygens (including phenoxy) is 1. The first-order valence-corrected chi connectivity index (χ1v) is 9.00. The minimum Gasteiger partial charge on any atom is -0.434 e. The topological polar surface area (TPSA) is 59.9 Å². The highest BCUT2D eigenvalue weighted by atomic mass is 19.3. The van der Waals surface area contributed by atoms with Gasteiger partial charge in [-0.25, -0.2) is 0 Å². The molecule has 0 aliphatic heterocycles. The summed E-state index contributed by atoms with van der Waals surface area (Å²) in [7, 11) is 0. The van der Waals surface area contributed by atoms with Gasteiger partial charge < -0.3 is 14.9 Å². The van der Waals surface area contributed by atoms with Crippen LogP contribution in [0.5, 0.6) is 5.75 Å². The zero-order valence-corrected chi connectivity index (χ0v) is 15.7. The second kappa shape index (κ2) is 9.64. The third-order valence-corrected chi connectivity index (χ3v) is 4.25. The van der Waals surface area contributed by atoms with E-state index in [1.54, 1.807) is 18.2 Å². The Kier molecular flexibility index (Phi) is 6.73. The molecule has 0 saturated heterocycles. The molecule has 0 aliphatic rings. The second-order valence-electron chi connectivity index (χ2n) is 6.32. The number of hydrogen-bond donors (Lipinski definition) is 1. The molecule has 0 bridgehead atoms. The molecule has 0 spiro atoms. The van der Waals surface area contributed by atoms with Crippen LogP contribution < -0.4 is 10.1 Å². The van der Waals surface area contributed by atoms with Crippen molar-refractivity contribution in [3.8, 4) is 5.75 Å². The highest BCUT2D eigenvalue weighted by molar-refractivity contribution is 5.84. The van der Waals surface area contributed by atoms with Crippen LogP contribution in [0.4, 0.5) is 8.78 Å². The molecule has 1 N–H and O–H groups in total. The summed E-state index contributed by atoms with van der Waals surface area (Å²) in [6, 6.07) is 19.9. The van der Waals surface area contributed by atoms with E-state index >= 15 is 0 Å². The number of fused-ring (bicyclic) bond motifs is 1. The number of carbonyl (C=O) groups is 1. The van der Waals surface area contributed by atoms with Crippen molar-refractivity contribution in [2.45, 2.75) is 19.6 Å². The maximum Gasteiger partial charge on any atom is 0.387 e. The van der Waals surface area contributed by atoms with E-state index in [-0.39, 0.29) is 24.3 Å². The van der Waals surface area contributed by atoms with Crippen molar-refractivity contribution >= 4 is 22.9 Å². The van der Waals surface area contributed by atoms with Gasteiger partial charge in [-0.3, -0.25) is 4.79 Å². The van der Waals surface area contributed by atoms with Crippen molar-refractivity contribution in [1.82, 2.24) is 5.32 Å². The zero-order valence-electron chi connectivity index (χ0n) is 15.7. The lowest BCUT2D eigenvalue weighted by Gasteiger charge is -2.14. The molecule has 0 aliphatic carbocycles. The summed E-state index contributed by atoms with van der Waals surface area (Å²) < 4.78 is 29.2. The predicted octanol–water partition coefficient (Wildman–Crippen LogP) is 4.67. The molecule has 0 aromatic heterocycles. The van der Waals surface area contributed by atoms with E-state index in [1.165, 1.54) is 12.3 Å². The number of halogens is 2. The van der Waals surface area contributed by atoms with E-state index in [0.29, 0.717) is 5.56 Å². The first-order chi connectivity index (χ1) is 14.0. The van der Waals surface area contributed by atoms with Crippen molar-refractivity contribution in [1.29, 1.82) is 0 Å². The van der Waals surface area contributed by atoms with Gasteiger partial charge in [0, 0.05) is 5.56 Å². The van der Waals surface area contributed by atoms with Crippen molar-refractivity contribution in [3.63, 3.8) is 0 Å². The lowest BCUT2D eigenvalue weighted by molar-refractivity contribution is -0.126. The lowest BCUT2D eigenvalue weighted by Crippen LogP contribution is -2.29. The Morgan fingerprint density at radius 2 is 1.79 bits per heavy atom. The van der Waals surface area contributed by atoms with E-state index in [0.717, 1.165) is 16.3 Å². The summed E-state index contributed by atoms with van der Waals surface area (Å²) in [6.07, 6.45) is 1.22. The largest absolute Gasteiger partial charge is 0.434 e. The number of amides is 1. The van der Waals surface area contributed by atoms with Gasteiger partial charge in [0.05, 0.1) is 12.3 Å². The molecule has 3 rings (SSSR count). The first kappa shape index (κ1) is 20.3. The molecular weight excluding hydrogens is 378 g/mol. The average Bonchev–Trinajstić information content (AvgIpc) is 2.71. The summed E-state index contributed by atoms with van der Waals surface area (Å²) >= 11 is 0. The number of nitrogens with zero attached hydrogens (tertiary/aromatic N) is 1. The number of carbonyl (C=O) groups excluding carboxylic acids is 1. The molecule has 1 atom stereocenters. The van der Waals surface area contributed by atoms with Crippen LogP contribution in [0.1, 0.15) is 24.1 Å².